The molecule has 0 radical (unpaired) electrons. The van der Waals surface area contributed by atoms with Gasteiger partial charge in [-0.3, -0.25) is 9.63 Å². The Balaban J connectivity index is 0.000000344. The van der Waals surface area contributed by atoms with Gasteiger partial charge in [0.05, 0.1) is 5.60 Å². The fourth-order valence-electron chi connectivity index (χ4n) is 3.94. The molecule has 3 aromatic carbocycles. The predicted molar refractivity (Wildman–Crippen MR) is 196 cm³/mol. The van der Waals surface area contributed by atoms with Crippen molar-refractivity contribution < 1.29 is 41.4 Å². The Hall–Kier alpha value is -4.05. The van der Waals surface area contributed by atoms with E-state index in [1.54, 1.807) is 0 Å². The van der Waals surface area contributed by atoms with E-state index in [0.29, 0.717) is 6.42 Å². The van der Waals surface area contributed by atoms with Crippen LogP contribution in [0.5, 0.6) is 17.2 Å². The third-order valence-electron chi connectivity index (χ3n) is 5.97. The van der Waals surface area contributed by atoms with E-state index in [4.69, 9.17) is 19.0 Å². The fourth-order valence-corrected chi connectivity index (χ4v) is 3.94. The first kappa shape index (κ1) is 45.0. The summed E-state index contributed by atoms with van der Waals surface area (Å²) in [6.07, 6.45) is 1.24. The zero-order valence-corrected chi connectivity index (χ0v) is 32.8. The molecule has 10 heteroatoms. The molecule has 0 N–H and O–H groups in total. The Morgan fingerprint density at radius 1 is 0.569 bits per heavy atom. The van der Waals surface area contributed by atoms with Gasteiger partial charge in [0, 0.05) is 17.7 Å². The molecule has 0 aromatic heterocycles. The summed E-state index contributed by atoms with van der Waals surface area (Å²) in [5.41, 5.74) is -0.155. The molecule has 1 aliphatic rings. The number of hydrogen-bond acceptors (Lipinski definition) is 5. The summed E-state index contributed by atoms with van der Waals surface area (Å²) in [6, 6.07) is 18.0. The van der Waals surface area contributed by atoms with E-state index in [1.165, 1.54) is 31.4 Å². The first-order valence-electron chi connectivity index (χ1n) is 16.8. The topological polar surface area (TPSA) is 57.2 Å². The maximum absolute atomic E-state index is 13.3. The van der Waals surface area contributed by atoms with Crippen molar-refractivity contribution in [3.8, 4) is 17.2 Å². The second-order valence-electron chi connectivity index (χ2n) is 15.9. The molecule has 0 bridgehead atoms. The number of allylic oxidation sites excluding steroid dienone is 1. The van der Waals surface area contributed by atoms with Gasteiger partial charge in [-0.1, -0.05) is 42.5 Å². The molecule has 1 amide bonds. The van der Waals surface area contributed by atoms with Gasteiger partial charge in [0.15, 0.2) is 17.4 Å². The van der Waals surface area contributed by atoms with Gasteiger partial charge < -0.3 is 14.2 Å². The van der Waals surface area contributed by atoms with Crippen LogP contribution in [-0.2, 0) is 9.63 Å². The summed E-state index contributed by atoms with van der Waals surface area (Å²) in [7, 11) is 0. The smallest absolute Gasteiger partial charge is 0.250 e. The number of hydrogen-bond donors (Lipinski definition) is 0. The summed E-state index contributed by atoms with van der Waals surface area (Å²) in [6.45, 7) is 29.3. The normalized spacial score (nSPS) is 13.3. The summed E-state index contributed by atoms with van der Waals surface area (Å²) in [5, 5.41) is 1.32. The predicted octanol–water partition coefficient (Wildman–Crippen LogP) is 11.6. The third kappa shape index (κ3) is 17.6. The van der Waals surface area contributed by atoms with E-state index in [0.717, 1.165) is 30.5 Å². The minimum Gasteiger partial charge on any atom is -0.488 e. The van der Waals surface area contributed by atoms with Crippen LogP contribution in [0.3, 0.4) is 0 Å². The minimum absolute atomic E-state index is 0.00919. The fraction of sp³-hybridized carbons (Fsp3) is 0.488. The number of aryl methyl sites for hydroxylation is 1. The molecule has 0 saturated carbocycles. The number of carbonyl (C=O) groups excluding carboxylic acids is 1. The average molecular weight is 720 g/mol. The van der Waals surface area contributed by atoms with Crippen LogP contribution in [0.25, 0.3) is 0 Å². The lowest BCUT2D eigenvalue weighted by atomic mass is 10.1. The molecule has 3 aromatic rings. The van der Waals surface area contributed by atoms with Gasteiger partial charge in [0.2, 0.25) is 11.6 Å². The lowest BCUT2D eigenvalue weighted by molar-refractivity contribution is -0.205. The summed E-state index contributed by atoms with van der Waals surface area (Å²) < 4.78 is 69.1. The van der Waals surface area contributed by atoms with Gasteiger partial charge in [-0.05, 0) is 128 Å². The van der Waals surface area contributed by atoms with Crippen molar-refractivity contribution in [1.29, 1.82) is 0 Å². The number of halogens is 4. The number of ether oxygens (including phenoxy) is 3. The Morgan fingerprint density at radius 2 is 0.980 bits per heavy atom. The molecule has 284 valence electrons. The average Bonchev–Trinajstić information content (AvgIpc) is 3.29. The molecule has 4 rings (SSSR count). The van der Waals surface area contributed by atoms with Crippen LogP contribution in [0, 0.1) is 37.1 Å². The number of para-hydroxylation sites is 1. The van der Waals surface area contributed by atoms with Crippen molar-refractivity contribution in [2.45, 2.75) is 132 Å². The molecule has 1 aliphatic heterocycles. The zero-order chi connectivity index (χ0) is 39.5. The van der Waals surface area contributed by atoms with E-state index in [9.17, 15) is 22.4 Å². The number of hydroxylamine groups is 2. The highest BCUT2D eigenvalue weighted by atomic mass is 19.2. The molecule has 1 saturated heterocycles. The van der Waals surface area contributed by atoms with Crippen LogP contribution in [0.2, 0.25) is 0 Å². The molecule has 1 heterocycles. The quantitative estimate of drug-likeness (QED) is 0.198. The van der Waals surface area contributed by atoms with Gasteiger partial charge in [-0.15, -0.1) is 0 Å². The van der Waals surface area contributed by atoms with E-state index in [1.807, 2.05) is 105 Å². The van der Waals surface area contributed by atoms with Crippen molar-refractivity contribution in [1.82, 2.24) is 5.06 Å². The summed E-state index contributed by atoms with van der Waals surface area (Å²) in [4.78, 5) is 16.6. The van der Waals surface area contributed by atoms with Crippen LogP contribution < -0.4 is 14.2 Å². The highest BCUT2D eigenvalue weighted by Gasteiger charge is 2.29. The Morgan fingerprint density at radius 3 is 1.33 bits per heavy atom. The van der Waals surface area contributed by atoms with Crippen LogP contribution in [0.4, 0.5) is 17.6 Å². The third-order valence-corrected chi connectivity index (χ3v) is 5.97. The van der Waals surface area contributed by atoms with Gasteiger partial charge >= 0.3 is 0 Å². The van der Waals surface area contributed by atoms with E-state index >= 15 is 0 Å². The first-order valence-corrected chi connectivity index (χ1v) is 16.8. The lowest BCUT2D eigenvalue weighted by Crippen LogP contribution is -2.33. The molecular weight excluding hydrogens is 662 g/mol. The van der Waals surface area contributed by atoms with Crippen molar-refractivity contribution in [2.75, 3.05) is 0 Å². The standard InChI is InChI=1S/C11H12F4O.C11H16O.C10H14O.C9H15NO2/c1-5-6(12)8(14)10(9(15)7(5)13)16-11(2,3)4;1-9-5-7-10(8-6-9)12-11(2,3)4;1-10(2,3)11-9-7-5-4-6-8-9;1-7-5-6-8(11)10(7)12-9(2,3)4/h1-4H3;5-8H,1-4H3;4-8H,1-3H3;1,5-6H2,2-4H3. The lowest BCUT2D eigenvalue weighted by Gasteiger charge is -2.26. The second-order valence-corrected chi connectivity index (χ2v) is 15.9. The Bertz CT molecular complexity index is 1520. The van der Waals surface area contributed by atoms with Crippen LogP contribution in [0.1, 0.15) is 107 Å². The van der Waals surface area contributed by atoms with Gasteiger partial charge in [-0.2, -0.15) is 13.8 Å². The van der Waals surface area contributed by atoms with Crippen LogP contribution in [0.15, 0.2) is 66.9 Å². The van der Waals surface area contributed by atoms with Crippen molar-refractivity contribution in [3.05, 3.63) is 101 Å². The number of carbonyl (C=O) groups is 1. The largest absolute Gasteiger partial charge is 0.488 e. The highest BCUT2D eigenvalue weighted by Crippen LogP contribution is 2.32. The minimum atomic E-state index is -1.51. The maximum atomic E-state index is 13.3. The Labute approximate surface area is 302 Å². The Kier molecular flexibility index (Phi) is 16.3. The molecule has 6 nitrogen and oxygen atoms in total. The summed E-state index contributed by atoms with van der Waals surface area (Å²) >= 11 is 0. The number of benzene rings is 3. The van der Waals surface area contributed by atoms with Gasteiger partial charge in [-0.25, -0.2) is 8.78 Å². The monoisotopic (exact) mass is 719 g/mol. The number of rotatable bonds is 4. The molecule has 1 fully saturated rings. The first-order chi connectivity index (χ1) is 23.1. The molecule has 51 heavy (non-hydrogen) atoms. The zero-order valence-electron chi connectivity index (χ0n) is 32.8. The van der Waals surface area contributed by atoms with E-state index < -0.39 is 40.2 Å². The summed E-state index contributed by atoms with van der Waals surface area (Å²) in [5.74, 6) is -5.02. The number of nitrogens with zero attached hydrogens (tertiary/aromatic N) is 1. The van der Waals surface area contributed by atoms with Crippen molar-refractivity contribution in [3.63, 3.8) is 0 Å². The number of amides is 1. The van der Waals surface area contributed by atoms with Gasteiger partial charge in [0.1, 0.15) is 28.3 Å². The van der Waals surface area contributed by atoms with E-state index in [2.05, 4.69) is 25.6 Å². The maximum Gasteiger partial charge on any atom is 0.250 e. The molecule has 0 unspecified atom stereocenters. The van der Waals surface area contributed by atoms with Crippen molar-refractivity contribution >= 4 is 5.91 Å². The highest BCUT2D eigenvalue weighted by molar-refractivity contribution is 5.79. The molecule has 0 atom stereocenters. The van der Waals surface area contributed by atoms with Crippen molar-refractivity contribution in [2.24, 2.45) is 0 Å². The van der Waals surface area contributed by atoms with Crippen LogP contribution in [-0.4, -0.2) is 33.4 Å². The molecule has 0 aliphatic carbocycles. The van der Waals surface area contributed by atoms with E-state index in [-0.39, 0.29) is 22.7 Å². The van der Waals surface area contributed by atoms with Gasteiger partial charge in [0.25, 0.3) is 5.91 Å². The molecule has 0 spiro atoms. The van der Waals surface area contributed by atoms with Crippen LogP contribution >= 0.6 is 0 Å². The second kappa shape index (κ2) is 18.4. The SMILES string of the molecule is C=C1CCC(=O)N1OC(C)(C)C.CC(C)(C)Oc1ccccc1.Cc1c(F)c(F)c(OC(C)(C)C)c(F)c1F.Cc1ccc(OC(C)(C)C)cc1. The molecular formula is C41H57F4NO5.